The van der Waals surface area contributed by atoms with Crippen molar-refractivity contribution in [2.24, 2.45) is 0 Å². The molecule has 3 heterocycles. The van der Waals surface area contributed by atoms with E-state index in [4.69, 9.17) is 4.74 Å². The molecule has 5 heteroatoms. The third-order valence-corrected chi connectivity index (χ3v) is 3.49. The Morgan fingerprint density at radius 2 is 1.86 bits per heavy atom. The predicted molar refractivity (Wildman–Crippen MR) is 80.7 cm³/mol. The van der Waals surface area contributed by atoms with Gasteiger partial charge in [-0.1, -0.05) is 0 Å². The van der Waals surface area contributed by atoms with Crippen LogP contribution in [-0.2, 0) is 0 Å². The van der Waals surface area contributed by atoms with E-state index in [0.717, 1.165) is 33.2 Å². The number of pyridine rings is 2. The van der Waals surface area contributed by atoms with Gasteiger partial charge >= 0.3 is 0 Å². The van der Waals surface area contributed by atoms with Crippen molar-refractivity contribution in [3.63, 3.8) is 0 Å². The summed E-state index contributed by atoms with van der Waals surface area (Å²) in [5.41, 5.74) is 2.75. The number of hydrogen-bond acceptors (Lipinski definition) is 4. The summed E-state index contributed by atoms with van der Waals surface area (Å²) in [5, 5.41) is 6.66. The Balaban J connectivity index is 2.00. The second-order valence-corrected chi connectivity index (χ2v) is 4.72. The van der Waals surface area contributed by atoms with Crippen LogP contribution in [0, 0.1) is 0 Å². The largest absolute Gasteiger partial charge is 0.497 e. The summed E-state index contributed by atoms with van der Waals surface area (Å²) in [4.78, 5) is 8.48. The summed E-state index contributed by atoms with van der Waals surface area (Å²) in [6.07, 6.45) is 7.30. The highest BCUT2D eigenvalue weighted by Gasteiger charge is 2.08. The predicted octanol–water partition coefficient (Wildman–Crippen LogP) is 2.98. The maximum Gasteiger partial charge on any atom is 0.119 e. The molecule has 0 amide bonds. The fourth-order valence-corrected chi connectivity index (χ4v) is 2.42. The van der Waals surface area contributed by atoms with Crippen LogP contribution in [0.25, 0.3) is 27.5 Å². The molecule has 102 valence electrons. The van der Waals surface area contributed by atoms with Gasteiger partial charge in [-0.05, 0) is 30.3 Å². The van der Waals surface area contributed by atoms with Crippen LogP contribution in [0.4, 0.5) is 0 Å². The molecule has 0 atom stereocenters. The molecule has 3 aromatic heterocycles. The first kappa shape index (κ1) is 11.8. The van der Waals surface area contributed by atoms with E-state index < -0.39 is 0 Å². The van der Waals surface area contributed by atoms with Gasteiger partial charge in [0.1, 0.15) is 11.3 Å². The summed E-state index contributed by atoms with van der Waals surface area (Å²) in [5.74, 6) is 0.813. The summed E-state index contributed by atoms with van der Waals surface area (Å²) in [7, 11) is 1.66. The highest BCUT2D eigenvalue weighted by molar-refractivity contribution is 6.04. The van der Waals surface area contributed by atoms with Crippen LogP contribution in [0.5, 0.6) is 5.75 Å². The Morgan fingerprint density at radius 1 is 1.00 bits per heavy atom. The Morgan fingerprint density at radius 3 is 2.67 bits per heavy atom. The minimum absolute atomic E-state index is 0.813. The van der Waals surface area contributed by atoms with E-state index in [-0.39, 0.29) is 0 Å². The minimum atomic E-state index is 0.813. The van der Waals surface area contributed by atoms with Gasteiger partial charge in [-0.25, -0.2) is 4.68 Å². The van der Waals surface area contributed by atoms with Crippen molar-refractivity contribution < 1.29 is 4.74 Å². The van der Waals surface area contributed by atoms with Gasteiger partial charge in [-0.15, -0.1) is 0 Å². The highest BCUT2D eigenvalue weighted by atomic mass is 16.5. The Bertz CT molecular complexity index is 931. The van der Waals surface area contributed by atoms with Crippen molar-refractivity contribution in [2.75, 3.05) is 7.11 Å². The summed E-state index contributed by atoms with van der Waals surface area (Å²) in [6.45, 7) is 0. The Kier molecular flexibility index (Phi) is 2.57. The average molecular weight is 276 g/mol. The Labute approximate surface area is 120 Å². The van der Waals surface area contributed by atoms with E-state index in [1.54, 1.807) is 25.7 Å². The number of ether oxygens (including phenoxy) is 1. The van der Waals surface area contributed by atoms with Crippen molar-refractivity contribution >= 4 is 21.8 Å². The van der Waals surface area contributed by atoms with E-state index in [1.807, 2.05) is 41.2 Å². The molecule has 0 N–H and O–H groups in total. The molecule has 0 radical (unpaired) electrons. The average Bonchev–Trinajstić information content (AvgIpc) is 3.00. The number of benzene rings is 1. The maximum absolute atomic E-state index is 5.30. The monoisotopic (exact) mass is 276 g/mol. The lowest BCUT2D eigenvalue weighted by atomic mass is 10.1. The zero-order valence-corrected chi connectivity index (χ0v) is 11.4. The van der Waals surface area contributed by atoms with E-state index >= 15 is 0 Å². The molecule has 1 aromatic carbocycles. The molecule has 4 rings (SSSR count). The first-order valence-corrected chi connectivity index (χ1v) is 6.58. The normalized spacial score (nSPS) is 11.1. The minimum Gasteiger partial charge on any atom is -0.497 e. The smallest absolute Gasteiger partial charge is 0.119 e. The standard InChI is InChI=1S/C16H12N4O/c1-21-12-2-3-15-13(8-12)14-10-20(19-16(14)9-18-15)11-4-6-17-7-5-11/h2-10H,1H3. The molecule has 0 saturated heterocycles. The van der Waals surface area contributed by atoms with Gasteiger partial charge in [0.25, 0.3) is 0 Å². The van der Waals surface area contributed by atoms with Gasteiger partial charge in [-0.2, -0.15) is 5.10 Å². The first-order valence-electron chi connectivity index (χ1n) is 6.58. The van der Waals surface area contributed by atoms with Crippen molar-refractivity contribution in [2.45, 2.75) is 0 Å². The molecule has 0 unspecified atom stereocenters. The zero-order chi connectivity index (χ0) is 14.2. The van der Waals surface area contributed by atoms with Crippen LogP contribution >= 0.6 is 0 Å². The van der Waals surface area contributed by atoms with Crippen LogP contribution in [0.2, 0.25) is 0 Å². The number of rotatable bonds is 2. The lowest BCUT2D eigenvalue weighted by Gasteiger charge is -2.02. The number of nitrogens with zero attached hydrogens (tertiary/aromatic N) is 4. The maximum atomic E-state index is 5.30. The third kappa shape index (κ3) is 1.90. The fraction of sp³-hybridized carbons (Fsp3) is 0.0625. The quantitative estimate of drug-likeness (QED) is 0.565. The van der Waals surface area contributed by atoms with Gasteiger partial charge in [0.05, 0.1) is 24.5 Å². The van der Waals surface area contributed by atoms with E-state index in [2.05, 4.69) is 15.1 Å². The van der Waals surface area contributed by atoms with Gasteiger partial charge in [0.15, 0.2) is 0 Å². The number of fused-ring (bicyclic) bond motifs is 3. The fourth-order valence-electron chi connectivity index (χ4n) is 2.42. The molecule has 0 bridgehead atoms. The van der Waals surface area contributed by atoms with Gasteiger partial charge < -0.3 is 4.74 Å². The van der Waals surface area contributed by atoms with Crippen molar-refractivity contribution in [3.8, 4) is 11.4 Å². The SMILES string of the molecule is COc1ccc2ncc3nn(-c4ccncc4)cc3c2c1. The molecule has 0 aliphatic heterocycles. The highest BCUT2D eigenvalue weighted by Crippen LogP contribution is 2.27. The van der Waals surface area contributed by atoms with E-state index in [0.29, 0.717) is 0 Å². The van der Waals surface area contributed by atoms with Crippen LogP contribution in [-0.4, -0.2) is 26.9 Å². The van der Waals surface area contributed by atoms with E-state index in [9.17, 15) is 0 Å². The van der Waals surface area contributed by atoms with Crippen LogP contribution in [0.3, 0.4) is 0 Å². The van der Waals surface area contributed by atoms with Crippen LogP contribution in [0.1, 0.15) is 0 Å². The van der Waals surface area contributed by atoms with Gasteiger partial charge in [0, 0.05) is 29.4 Å². The van der Waals surface area contributed by atoms with Crippen molar-refractivity contribution in [1.82, 2.24) is 19.7 Å². The molecule has 21 heavy (non-hydrogen) atoms. The van der Waals surface area contributed by atoms with E-state index in [1.165, 1.54) is 0 Å². The number of methoxy groups -OCH3 is 1. The molecule has 0 saturated carbocycles. The topological polar surface area (TPSA) is 52.8 Å². The van der Waals surface area contributed by atoms with Crippen molar-refractivity contribution in [3.05, 3.63) is 55.1 Å². The molecule has 0 aliphatic carbocycles. The lowest BCUT2D eigenvalue weighted by molar-refractivity contribution is 0.415. The summed E-state index contributed by atoms with van der Waals surface area (Å²) >= 11 is 0. The second-order valence-electron chi connectivity index (χ2n) is 4.72. The molecule has 0 fully saturated rings. The summed E-state index contributed by atoms with van der Waals surface area (Å²) < 4.78 is 7.14. The zero-order valence-electron chi connectivity index (χ0n) is 11.4. The van der Waals surface area contributed by atoms with Crippen LogP contribution < -0.4 is 4.74 Å². The van der Waals surface area contributed by atoms with Gasteiger partial charge in [0.2, 0.25) is 0 Å². The molecule has 5 nitrogen and oxygen atoms in total. The first-order chi connectivity index (χ1) is 10.3. The second kappa shape index (κ2) is 4.56. The lowest BCUT2D eigenvalue weighted by Crippen LogP contribution is -1.93. The number of hydrogen-bond donors (Lipinski definition) is 0. The molecular weight excluding hydrogens is 264 g/mol. The molecule has 0 spiro atoms. The number of aromatic nitrogens is 4. The van der Waals surface area contributed by atoms with Crippen molar-refractivity contribution in [1.29, 1.82) is 0 Å². The third-order valence-electron chi connectivity index (χ3n) is 3.49. The molecule has 4 aromatic rings. The molecule has 0 aliphatic rings. The van der Waals surface area contributed by atoms with Crippen LogP contribution in [0.15, 0.2) is 55.1 Å². The van der Waals surface area contributed by atoms with Gasteiger partial charge in [-0.3, -0.25) is 9.97 Å². The Hall–Kier alpha value is -2.95. The summed E-state index contributed by atoms with van der Waals surface area (Å²) in [6, 6.07) is 9.69. The molecular formula is C16H12N4O.